The molecule has 0 bridgehead atoms. The molecule has 1 amide bonds. The SMILES string of the molecule is CC1=C(C(=O)Nc2ccc(N)c(C(=N)c3cccc(N4CC(C)O[C@@H](C)C4)c3)c2)C(C)(C)N(N)C(=N)N1C.N.[HH].[HH]. The minimum absolute atomic E-state index is 0. The number of hydrogen-bond donors (Lipinski definition) is 6. The lowest BCUT2D eigenvalue weighted by atomic mass is 9.88. The lowest BCUT2D eigenvalue weighted by Crippen LogP contribution is -2.62. The summed E-state index contributed by atoms with van der Waals surface area (Å²) in [5, 5.41) is 21.4. The molecule has 0 aliphatic carbocycles. The number of nitrogens with zero attached hydrogens (tertiary/aromatic N) is 3. The fraction of sp³-hybridized carbons (Fsp3) is 0.393. The molecule has 11 heteroatoms. The molecule has 0 spiro atoms. The zero-order chi connectivity index (χ0) is 27.9. The summed E-state index contributed by atoms with van der Waals surface area (Å²) in [6.45, 7) is 11.1. The fourth-order valence-electron chi connectivity index (χ4n) is 5.20. The zero-order valence-electron chi connectivity index (χ0n) is 23.6. The predicted octanol–water partition coefficient (Wildman–Crippen LogP) is 4.00. The van der Waals surface area contributed by atoms with Crippen molar-refractivity contribution in [1.82, 2.24) is 16.1 Å². The number of nitrogen functional groups attached to an aromatic ring is 1. The minimum Gasteiger partial charge on any atom is -0.398 e. The molecule has 0 saturated carbocycles. The Hall–Kier alpha value is -3.93. The van der Waals surface area contributed by atoms with Crippen LogP contribution in [0, 0.1) is 10.8 Å². The first-order chi connectivity index (χ1) is 17.8. The quantitative estimate of drug-likeness (QED) is 0.187. The summed E-state index contributed by atoms with van der Waals surface area (Å²) in [5.74, 6) is 5.93. The van der Waals surface area contributed by atoms with Crippen LogP contribution < -0.4 is 27.9 Å². The Morgan fingerprint density at radius 2 is 1.79 bits per heavy atom. The van der Waals surface area contributed by atoms with Crippen molar-refractivity contribution in [2.24, 2.45) is 5.84 Å². The van der Waals surface area contributed by atoms with E-state index in [4.69, 9.17) is 27.1 Å². The summed E-state index contributed by atoms with van der Waals surface area (Å²) in [6.07, 6.45) is 0.254. The van der Waals surface area contributed by atoms with Crippen LogP contribution in [-0.2, 0) is 9.53 Å². The summed E-state index contributed by atoms with van der Waals surface area (Å²) in [4.78, 5) is 17.3. The highest BCUT2D eigenvalue weighted by Crippen LogP contribution is 2.33. The molecule has 1 fully saturated rings. The van der Waals surface area contributed by atoms with E-state index in [1.807, 2.05) is 24.3 Å². The number of allylic oxidation sites excluding steroid dienone is 1. The highest BCUT2D eigenvalue weighted by Gasteiger charge is 2.42. The van der Waals surface area contributed by atoms with Gasteiger partial charge in [0.15, 0.2) is 0 Å². The van der Waals surface area contributed by atoms with E-state index in [1.165, 1.54) is 5.01 Å². The van der Waals surface area contributed by atoms with E-state index in [1.54, 1.807) is 50.9 Å². The number of amides is 1. The molecule has 11 nitrogen and oxygen atoms in total. The topological polar surface area (TPSA) is 183 Å². The van der Waals surface area contributed by atoms with Crippen LogP contribution in [0.25, 0.3) is 0 Å². The highest BCUT2D eigenvalue weighted by molar-refractivity contribution is 6.15. The van der Waals surface area contributed by atoms with Crippen molar-refractivity contribution in [1.29, 1.82) is 10.8 Å². The molecule has 10 N–H and O–H groups in total. The molecule has 2 aromatic carbocycles. The molecule has 2 atom stereocenters. The average molecular weight is 540 g/mol. The molecule has 1 unspecified atom stereocenters. The molecular formula is C28H45N9O2. The first-order valence-corrected chi connectivity index (χ1v) is 12.7. The summed E-state index contributed by atoms with van der Waals surface area (Å²) in [5.41, 5.74) is 10.0. The maximum Gasteiger partial charge on any atom is 0.255 e. The normalized spacial score (nSPS) is 21.0. The Morgan fingerprint density at radius 1 is 1.15 bits per heavy atom. The molecule has 0 aromatic heterocycles. The second-order valence-corrected chi connectivity index (χ2v) is 10.6. The van der Waals surface area contributed by atoms with Crippen molar-refractivity contribution < 1.29 is 12.4 Å². The standard InChI is InChI=1S/C28H38N8O2.H3N.2H2/c1-16-14-35(15-17(2)38-16)21-9-7-8-19(12-21)25(30)22-13-20(10-11-23(22)29)33-26(37)24-18(3)34(6)27(31)36(32)28(24,4)5;;;/h7-13,16-17,30-31H,14-15,29,32H2,1-6H3,(H,33,37);1H3;2*1H/t16-,17?;;;/m0.../s1. The molecule has 1 saturated heterocycles. The Bertz CT molecular complexity index is 1320. The lowest BCUT2D eigenvalue weighted by molar-refractivity contribution is -0.114. The largest absolute Gasteiger partial charge is 0.398 e. The van der Waals surface area contributed by atoms with Crippen molar-refractivity contribution in [3.05, 3.63) is 64.9 Å². The van der Waals surface area contributed by atoms with Gasteiger partial charge in [0.2, 0.25) is 5.96 Å². The first-order valence-electron chi connectivity index (χ1n) is 12.7. The van der Waals surface area contributed by atoms with Gasteiger partial charge >= 0.3 is 0 Å². The summed E-state index contributed by atoms with van der Waals surface area (Å²) in [7, 11) is 1.70. The molecule has 39 heavy (non-hydrogen) atoms. The van der Waals surface area contributed by atoms with Gasteiger partial charge < -0.3 is 31.7 Å². The van der Waals surface area contributed by atoms with Crippen LogP contribution in [0.4, 0.5) is 17.1 Å². The van der Waals surface area contributed by atoms with E-state index in [0.717, 1.165) is 24.3 Å². The molecule has 0 radical (unpaired) electrons. The zero-order valence-corrected chi connectivity index (χ0v) is 23.6. The predicted molar refractivity (Wildman–Crippen MR) is 162 cm³/mol. The maximum atomic E-state index is 13.5. The Kier molecular flexibility index (Phi) is 8.39. The molecule has 2 aliphatic heterocycles. The van der Waals surface area contributed by atoms with Crippen LogP contribution in [0.15, 0.2) is 53.7 Å². The van der Waals surface area contributed by atoms with Crippen LogP contribution in [0.5, 0.6) is 0 Å². The molecular weight excluding hydrogens is 494 g/mol. The number of nitrogens with one attached hydrogen (secondary N) is 3. The van der Waals surface area contributed by atoms with Crippen LogP contribution >= 0.6 is 0 Å². The Morgan fingerprint density at radius 3 is 2.44 bits per heavy atom. The van der Waals surface area contributed by atoms with Gasteiger partial charge in [-0.3, -0.25) is 20.6 Å². The Labute approximate surface area is 233 Å². The van der Waals surface area contributed by atoms with Gasteiger partial charge in [0.05, 0.1) is 29.0 Å². The summed E-state index contributed by atoms with van der Waals surface area (Å²) in [6, 6.07) is 13.0. The third kappa shape index (κ3) is 5.60. The number of rotatable bonds is 5. The third-order valence-electron chi connectivity index (χ3n) is 7.35. The number of guanidine groups is 1. The van der Waals surface area contributed by atoms with Crippen LogP contribution in [0.3, 0.4) is 0 Å². The number of carbonyl (C=O) groups excluding carboxylic acids is 1. The number of benzene rings is 2. The number of nitrogens with two attached hydrogens (primary N) is 2. The van der Waals surface area contributed by atoms with E-state index in [-0.39, 0.29) is 38.8 Å². The summed E-state index contributed by atoms with van der Waals surface area (Å²) < 4.78 is 5.86. The maximum absolute atomic E-state index is 13.5. The number of hydrazine groups is 1. The number of hydrogen-bond acceptors (Lipinski definition) is 8. The lowest BCUT2D eigenvalue weighted by Gasteiger charge is -2.46. The van der Waals surface area contributed by atoms with Crippen molar-refractivity contribution >= 4 is 34.6 Å². The van der Waals surface area contributed by atoms with Gasteiger partial charge in [0, 0.05) is 56.9 Å². The minimum atomic E-state index is -0.893. The average Bonchev–Trinajstić information content (AvgIpc) is 2.86. The molecule has 2 aliphatic rings. The van der Waals surface area contributed by atoms with Crippen molar-refractivity contribution in [3.8, 4) is 0 Å². The highest BCUT2D eigenvalue weighted by atomic mass is 16.5. The van der Waals surface area contributed by atoms with E-state index >= 15 is 0 Å². The molecule has 2 heterocycles. The number of anilines is 3. The second kappa shape index (κ2) is 11.0. The molecule has 2 aromatic rings. The van der Waals surface area contributed by atoms with Crippen molar-refractivity contribution in [2.45, 2.75) is 52.4 Å². The number of carbonyl (C=O) groups is 1. The van der Waals surface area contributed by atoms with Gasteiger partial charge in [-0.2, -0.15) is 0 Å². The second-order valence-electron chi connectivity index (χ2n) is 10.6. The smallest absolute Gasteiger partial charge is 0.255 e. The monoisotopic (exact) mass is 539 g/mol. The van der Waals surface area contributed by atoms with Gasteiger partial charge in [-0.25, -0.2) is 5.84 Å². The van der Waals surface area contributed by atoms with Gasteiger partial charge in [0.1, 0.15) is 0 Å². The third-order valence-corrected chi connectivity index (χ3v) is 7.35. The number of morpholine rings is 1. The Balaban J connectivity index is 0.00000280. The van der Waals surface area contributed by atoms with E-state index in [0.29, 0.717) is 28.2 Å². The van der Waals surface area contributed by atoms with E-state index < -0.39 is 5.54 Å². The van der Waals surface area contributed by atoms with E-state index in [9.17, 15) is 4.79 Å². The van der Waals surface area contributed by atoms with Crippen molar-refractivity contribution in [2.75, 3.05) is 36.1 Å². The van der Waals surface area contributed by atoms with Crippen LogP contribution in [0.2, 0.25) is 0 Å². The molecule has 4 rings (SSSR count). The van der Waals surface area contributed by atoms with Crippen LogP contribution in [0.1, 0.15) is 48.6 Å². The molecule has 214 valence electrons. The summed E-state index contributed by atoms with van der Waals surface area (Å²) >= 11 is 0. The van der Waals surface area contributed by atoms with Crippen LogP contribution in [-0.4, -0.2) is 65.4 Å². The first kappa shape index (κ1) is 29.6. The fourth-order valence-corrected chi connectivity index (χ4v) is 5.20. The van der Waals surface area contributed by atoms with Gasteiger partial charge in [-0.1, -0.05) is 12.1 Å². The van der Waals surface area contributed by atoms with Gasteiger partial charge in [-0.05, 0) is 65.0 Å². The van der Waals surface area contributed by atoms with Gasteiger partial charge in [0.25, 0.3) is 5.91 Å². The number of ether oxygens (including phenoxy) is 1. The van der Waals surface area contributed by atoms with Gasteiger partial charge in [-0.15, -0.1) is 0 Å². The van der Waals surface area contributed by atoms with E-state index in [2.05, 4.69) is 24.1 Å². The van der Waals surface area contributed by atoms with Crippen molar-refractivity contribution in [3.63, 3.8) is 0 Å².